The van der Waals surface area contributed by atoms with Crippen molar-refractivity contribution in [3.63, 3.8) is 0 Å². The molecule has 1 heterocycles. The SMILES string of the molecule is Cc1ccc(C(OCCN2CCN(CCCC3=CCCC=C3)CC2)c2ccccc2)cc1. The van der Waals surface area contributed by atoms with E-state index >= 15 is 0 Å². The van der Waals surface area contributed by atoms with E-state index in [1.54, 1.807) is 0 Å². The summed E-state index contributed by atoms with van der Waals surface area (Å²) in [7, 11) is 0. The number of nitrogens with zero attached hydrogens (tertiary/aromatic N) is 2. The van der Waals surface area contributed by atoms with E-state index in [1.807, 2.05) is 0 Å². The van der Waals surface area contributed by atoms with Gasteiger partial charge in [0.25, 0.3) is 0 Å². The van der Waals surface area contributed by atoms with Crippen molar-refractivity contribution in [1.82, 2.24) is 9.80 Å². The molecular weight excluding hydrogens is 392 g/mol. The van der Waals surface area contributed by atoms with Crippen molar-refractivity contribution in [2.24, 2.45) is 0 Å². The Morgan fingerprint density at radius 2 is 1.50 bits per heavy atom. The van der Waals surface area contributed by atoms with Crippen molar-refractivity contribution < 1.29 is 4.74 Å². The van der Waals surface area contributed by atoms with Gasteiger partial charge in [-0.15, -0.1) is 0 Å². The number of benzene rings is 2. The molecule has 0 aromatic heterocycles. The van der Waals surface area contributed by atoms with Gasteiger partial charge >= 0.3 is 0 Å². The largest absolute Gasteiger partial charge is 0.367 e. The van der Waals surface area contributed by atoms with Crippen LogP contribution in [0.5, 0.6) is 0 Å². The molecule has 1 saturated heterocycles. The van der Waals surface area contributed by atoms with Crippen LogP contribution in [-0.4, -0.2) is 55.7 Å². The van der Waals surface area contributed by atoms with Gasteiger partial charge in [-0.3, -0.25) is 4.90 Å². The fourth-order valence-electron chi connectivity index (χ4n) is 4.65. The van der Waals surface area contributed by atoms with E-state index in [1.165, 1.54) is 67.6 Å². The second-order valence-corrected chi connectivity index (χ2v) is 9.12. The zero-order valence-electron chi connectivity index (χ0n) is 19.6. The summed E-state index contributed by atoms with van der Waals surface area (Å²) in [6.45, 7) is 9.75. The van der Waals surface area contributed by atoms with Gasteiger partial charge in [-0.05, 0) is 50.3 Å². The van der Waals surface area contributed by atoms with Crippen LogP contribution in [0.3, 0.4) is 0 Å². The van der Waals surface area contributed by atoms with Gasteiger partial charge in [0.1, 0.15) is 6.10 Å². The summed E-state index contributed by atoms with van der Waals surface area (Å²) in [4.78, 5) is 5.18. The molecule has 32 heavy (non-hydrogen) atoms. The van der Waals surface area contributed by atoms with Gasteiger partial charge in [-0.2, -0.15) is 0 Å². The minimum Gasteiger partial charge on any atom is -0.367 e. The minimum absolute atomic E-state index is 0.00114. The van der Waals surface area contributed by atoms with Gasteiger partial charge in [0.15, 0.2) is 0 Å². The second-order valence-electron chi connectivity index (χ2n) is 9.12. The van der Waals surface area contributed by atoms with Crippen LogP contribution in [0.4, 0.5) is 0 Å². The summed E-state index contributed by atoms with van der Waals surface area (Å²) >= 11 is 0. The molecule has 1 aliphatic carbocycles. The smallest absolute Gasteiger partial charge is 0.108 e. The molecule has 4 rings (SSSR count). The average Bonchev–Trinajstić information content (AvgIpc) is 2.85. The van der Waals surface area contributed by atoms with Gasteiger partial charge in [-0.1, -0.05) is 84.0 Å². The van der Waals surface area contributed by atoms with Crippen molar-refractivity contribution in [2.45, 2.75) is 38.7 Å². The molecule has 0 radical (unpaired) electrons. The fourth-order valence-corrected chi connectivity index (χ4v) is 4.65. The molecule has 1 aliphatic heterocycles. The fraction of sp³-hybridized carbons (Fsp3) is 0.448. The number of rotatable bonds is 10. The maximum Gasteiger partial charge on any atom is 0.108 e. The molecule has 2 aromatic rings. The molecule has 0 saturated carbocycles. The molecule has 3 heteroatoms. The lowest BCUT2D eigenvalue weighted by Gasteiger charge is -2.35. The molecular formula is C29H38N2O. The molecule has 0 bridgehead atoms. The lowest BCUT2D eigenvalue weighted by molar-refractivity contribution is 0.0451. The second kappa shape index (κ2) is 12.2. The maximum absolute atomic E-state index is 6.45. The van der Waals surface area contributed by atoms with Crippen molar-refractivity contribution in [3.8, 4) is 0 Å². The van der Waals surface area contributed by atoms with Crippen LogP contribution in [0.25, 0.3) is 0 Å². The zero-order chi connectivity index (χ0) is 22.0. The van der Waals surface area contributed by atoms with E-state index in [0.29, 0.717) is 0 Å². The normalized spacial score (nSPS) is 18.5. The van der Waals surface area contributed by atoms with Crippen LogP contribution in [0, 0.1) is 6.92 Å². The highest BCUT2D eigenvalue weighted by atomic mass is 16.5. The van der Waals surface area contributed by atoms with Crippen LogP contribution in [0.1, 0.15) is 48.5 Å². The summed E-state index contributed by atoms with van der Waals surface area (Å²) in [5.74, 6) is 0. The summed E-state index contributed by atoms with van der Waals surface area (Å²) in [5, 5.41) is 0. The molecule has 3 nitrogen and oxygen atoms in total. The minimum atomic E-state index is 0.00114. The number of piperazine rings is 1. The zero-order valence-corrected chi connectivity index (χ0v) is 19.6. The first kappa shape index (κ1) is 23.0. The lowest BCUT2D eigenvalue weighted by Crippen LogP contribution is -2.47. The Morgan fingerprint density at radius 1 is 0.812 bits per heavy atom. The first-order valence-corrected chi connectivity index (χ1v) is 12.3. The third kappa shape index (κ3) is 6.90. The molecule has 0 N–H and O–H groups in total. The molecule has 2 aliphatic rings. The Kier molecular flexibility index (Phi) is 8.72. The van der Waals surface area contributed by atoms with Crippen molar-refractivity contribution in [3.05, 3.63) is 95.1 Å². The molecule has 2 aromatic carbocycles. The van der Waals surface area contributed by atoms with Gasteiger partial charge < -0.3 is 9.64 Å². The van der Waals surface area contributed by atoms with Crippen LogP contribution in [0.15, 0.2) is 78.4 Å². The van der Waals surface area contributed by atoms with Gasteiger partial charge in [0.2, 0.25) is 0 Å². The number of ether oxygens (including phenoxy) is 1. The van der Waals surface area contributed by atoms with Crippen molar-refractivity contribution in [2.75, 3.05) is 45.9 Å². The average molecular weight is 431 g/mol. The highest BCUT2D eigenvalue weighted by Gasteiger charge is 2.18. The monoisotopic (exact) mass is 430 g/mol. The van der Waals surface area contributed by atoms with Crippen LogP contribution >= 0.6 is 0 Å². The Balaban J connectivity index is 1.20. The molecule has 1 fully saturated rings. The highest BCUT2D eigenvalue weighted by Crippen LogP contribution is 2.26. The Bertz CT molecular complexity index is 864. The van der Waals surface area contributed by atoms with Gasteiger partial charge in [0.05, 0.1) is 6.61 Å². The van der Waals surface area contributed by atoms with Crippen LogP contribution in [0.2, 0.25) is 0 Å². The quantitative estimate of drug-likeness (QED) is 0.475. The van der Waals surface area contributed by atoms with E-state index in [-0.39, 0.29) is 6.10 Å². The topological polar surface area (TPSA) is 15.7 Å². The molecule has 1 atom stereocenters. The number of allylic oxidation sites excluding steroid dienone is 4. The van der Waals surface area contributed by atoms with E-state index < -0.39 is 0 Å². The molecule has 1 unspecified atom stereocenters. The Hall–Kier alpha value is -2.20. The van der Waals surface area contributed by atoms with E-state index in [4.69, 9.17) is 4.74 Å². The summed E-state index contributed by atoms with van der Waals surface area (Å²) in [6, 6.07) is 19.4. The van der Waals surface area contributed by atoms with Gasteiger partial charge in [0, 0.05) is 32.7 Å². The molecule has 0 spiro atoms. The van der Waals surface area contributed by atoms with Crippen LogP contribution < -0.4 is 0 Å². The van der Waals surface area contributed by atoms with E-state index in [2.05, 4.69) is 89.5 Å². The predicted octanol–water partition coefficient (Wildman–Crippen LogP) is 5.78. The van der Waals surface area contributed by atoms with Crippen LogP contribution in [-0.2, 0) is 4.74 Å². The lowest BCUT2D eigenvalue weighted by atomic mass is 10.0. The first-order chi connectivity index (χ1) is 15.8. The number of hydrogen-bond donors (Lipinski definition) is 0. The maximum atomic E-state index is 6.45. The third-order valence-electron chi connectivity index (χ3n) is 6.65. The highest BCUT2D eigenvalue weighted by molar-refractivity contribution is 5.31. The van der Waals surface area contributed by atoms with E-state index in [9.17, 15) is 0 Å². The third-order valence-corrected chi connectivity index (χ3v) is 6.65. The standard InChI is InChI=1S/C29H38N2O/c1-25-14-16-28(17-15-25)29(27-12-6-3-7-13-27)32-24-23-31-21-19-30(20-22-31)18-8-11-26-9-4-2-5-10-26/h3-4,6-7,9-10,12-17,29H,2,5,8,11,18-24H2,1H3. The van der Waals surface area contributed by atoms with Crippen molar-refractivity contribution in [1.29, 1.82) is 0 Å². The molecule has 170 valence electrons. The van der Waals surface area contributed by atoms with Crippen molar-refractivity contribution >= 4 is 0 Å². The van der Waals surface area contributed by atoms with Gasteiger partial charge in [-0.25, -0.2) is 0 Å². The number of hydrogen-bond acceptors (Lipinski definition) is 3. The Labute approximate surface area is 194 Å². The Morgan fingerprint density at radius 3 is 2.19 bits per heavy atom. The first-order valence-electron chi connectivity index (χ1n) is 12.3. The predicted molar refractivity (Wildman–Crippen MR) is 134 cm³/mol. The summed E-state index contributed by atoms with van der Waals surface area (Å²) in [6.07, 6.45) is 12.0. The summed E-state index contributed by atoms with van der Waals surface area (Å²) < 4.78 is 6.45. The number of aryl methyl sites for hydroxylation is 1. The summed E-state index contributed by atoms with van der Waals surface area (Å²) in [5.41, 5.74) is 5.28. The molecule has 0 amide bonds. The van der Waals surface area contributed by atoms with E-state index in [0.717, 1.165) is 26.2 Å².